The zero-order valence-corrected chi connectivity index (χ0v) is 9.43. The number of aromatic nitrogens is 1. The lowest BCUT2D eigenvalue weighted by Gasteiger charge is -2.08. The van der Waals surface area contributed by atoms with E-state index in [2.05, 4.69) is 10.3 Å². The molecule has 5 heteroatoms. The summed E-state index contributed by atoms with van der Waals surface area (Å²) in [5.74, 6) is 1.39. The summed E-state index contributed by atoms with van der Waals surface area (Å²) in [6.45, 7) is 0.773. The highest BCUT2D eigenvalue weighted by molar-refractivity contribution is 5.35. The number of nitrogens with zero attached hydrogens (tertiary/aromatic N) is 1. The molecule has 1 heterocycles. The van der Waals surface area contributed by atoms with Gasteiger partial charge in [0.1, 0.15) is 5.82 Å². The Morgan fingerprint density at radius 1 is 1.29 bits per heavy atom. The monoisotopic (exact) mass is 244 g/mol. The predicted molar refractivity (Wildman–Crippen MR) is 59.7 cm³/mol. The van der Waals surface area contributed by atoms with Crippen LogP contribution in [-0.2, 0) is 6.18 Å². The van der Waals surface area contributed by atoms with E-state index < -0.39 is 11.7 Å². The smallest absolute Gasteiger partial charge is 0.370 e. The molecule has 1 N–H and O–H groups in total. The van der Waals surface area contributed by atoms with Gasteiger partial charge in [-0.2, -0.15) is 13.2 Å². The zero-order valence-electron chi connectivity index (χ0n) is 9.43. The SMILES string of the molecule is FC(F)(F)c1ccc(NCCCC2CC2)nc1. The van der Waals surface area contributed by atoms with Gasteiger partial charge in [-0.1, -0.05) is 12.8 Å². The van der Waals surface area contributed by atoms with Crippen LogP contribution in [0, 0.1) is 5.92 Å². The third-order valence-corrected chi connectivity index (χ3v) is 2.88. The van der Waals surface area contributed by atoms with E-state index in [1.165, 1.54) is 25.3 Å². The quantitative estimate of drug-likeness (QED) is 0.799. The van der Waals surface area contributed by atoms with Crippen molar-refractivity contribution in [1.82, 2.24) is 4.98 Å². The molecule has 1 aliphatic rings. The minimum absolute atomic E-state index is 0.508. The summed E-state index contributed by atoms with van der Waals surface area (Å²) in [6.07, 6.45) is 1.47. The fourth-order valence-corrected chi connectivity index (χ4v) is 1.68. The molecule has 2 nitrogen and oxygen atoms in total. The molecule has 0 aromatic carbocycles. The molecule has 0 amide bonds. The fourth-order valence-electron chi connectivity index (χ4n) is 1.68. The van der Waals surface area contributed by atoms with E-state index in [9.17, 15) is 13.2 Å². The number of rotatable bonds is 5. The molecule has 1 aromatic heterocycles. The van der Waals surface area contributed by atoms with Gasteiger partial charge in [0.2, 0.25) is 0 Å². The predicted octanol–water partition coefficient (Wildman–Crippen LogP) is 3.70. The number of hydrogen-bond acceptors (Lipinski definition) is 2. The van der Waals surface area contributed by atoms with Gasteiger partial charge in [-0.25, -0.2) is 4.98 Å². The standard InChI is InChI=1S/C12H15F3N2/c13-12(14,15)10-5-6-11(17-8-10)16-7-1-2-9-3-4-9/h5-6,8-9H,1-4,7H2,(H,16,17). The van der Waals surface area contributed by atoms with E-state index in [0.717, 1.165) is 31.1 Å². The molecule has 2 rings (SSSR count). The summed E-state index contributed by atoms with van der Waals surface area (Å²) in [7, 11) is 0. The number of hydrogen-bond donors (Lipinski definition) is 1. The second-order valence-electron chi connectivity index (χ2n) is 4.44. The lowest BCUT2D eigenvalue weighted by Crippen LogP contribution is -2.07. The number of halogens is 3. The molecule has 0 aliphatic heterocycles. The Bertz CT molecular complexity index is 355. The van der Waals surface area contributed by atoms with Crippen molar-refractivity contribution in [3.05, 3.63) is 23.9 Å². The van der Waals surface area contributed by atoms with Gasteiger partial charge >= 0.3 is 6.18 Å². The summed E-state index contributed by atoms with van der Waals surface area (Å²) in [5.41, 5.74) is -0.707. The van der Waals surface area contributed by atoms with Crippen LogP contribution in [0.4, 0.5) is 19.0 Å². The van der Waals surface area contributed by atoms with Crippen LogP contribution in [0.25, 0.3) is 0 Å². The van der Waals surface area contributed by atoms with Gasteiger partial charge in [0.15, 0.2) is 0 Å². The first-order chi connectivity index (χ1) is 8.05. The summed E-state index contributed by atoms with van der Waals surface area (Å²) in [4.78, 5) is 3.75. The third kappa shape index (κ3) is 3.91. The molecule has 0 unspecified atom stereocenters. The van der Waals surface area contributed by atoms with E-state index >= 15 is 0 Å². The van der Waals surface area contributed by atoms with Gasteiger partial charge < -0.3 is 5.32 Å². The molecule has 0 bridgehead atoms. The number of pyridine rings is 1. The highest BCUT2D eigenvalue weighted by atomic mass is 19.4. The normalized spacial score (nSPS) is 15.9. The molecule has 1 fully saturated rings. The van der Waals surface area contributed by atoms with E-state index in [0.29, 0.717) is 5.82 Å². The molecule has 0 saturated heterocycles. The van der Waals surface area contributed by atoms with Crippen molar-refractivity contribution in [1.29, 1.82) is 0 Å². The van der Waals surface area contributed by atoms with Crippen LogP contribution in [0.15, 0.2) is 18.3 Å². The molecule has 1 aromatic rings. The van der Waals surface area contributed by atoms with Crippen LogP contribution in [0.3, 0.4) is 0 Å². The van der Waals surface area contributed by atoms with Crippen molar-refractivity contribution in [3.8, 4) is 0 Å². The van der Waals surface area contributed by atoms with Crippen molar-refractivity contribution < 1.29 is 13.2 Å². The van der Waals surface area contributed by atoms with E-state index in [-0.39, 0.29) is 0 Å². The first-order valence-corrected chi connectivity index (χ1v) is 5.83. The number of anilines is 1. The van der Waals surface area contributed by atoms with Crippen LogP contribution >= 0.6 is 0 Å². The van der Waals surface area contributed by atoms with Gasteiger partial charge in [0.05, 0.1) is 5.56 Å². The largest absolute Gasteiger partial charge is 0.417 e. The maximum absolute atomic E-state index is 12.3. The lowest BCUT2D eigenvalue weighted by molar-refractivity contribution is -0.137. The second-order valence-corrected chi connectivity index (χ2v) is 4.44. The highest BCUT2D eigenvalue weighted by Gasteiger charge is 2.30. The molecule has 94 valence electrons. The maximum Gasteiger partial charge on any atom is 0.417 e. The summed E-state index contributed by atoms with van der Waals surface area (Å²) in [6, 6.07) is 2.43. The molecule has 1 aliphatic carbocycles. The highest BCUT2D eigenvalue weighted by Crippen LogP contribution is 2.33. The van der Waals surface area contributed by atoms with Gasteiger partial charge in [-0.05, 0) is 30.9 Å². The summed E-state index contributed by atoms with van der Waals surface area (Å²) in [5, 5.41) is 3.03. The Balaban J connectivity index is 1.76. The van der Waals surface area contributed by atoms with Gasteiger partial charge in [-0.15, -0.1) is 0 Å². The topological polar surface area (TPSA) is 24.9 Å². The first-order valence-electron chi connectivity index (χ1n) is 5.83. The summed E-state index contributed by atoms with van der Waals surface area (Å²) >= 11 is 0. The van der Waals surface area contributed by atoms with Gasteiger partial charge in [0.25, 0.3) is 0 Å². The average Bonchev–Trinajstić information content (AvgIpc) is 3.08. The van der Waals surface area contributed by atoms with Crippen LogP contribution < -0.4 is 5.32 Å². The number of alkyl halides is 3. The first kappa shape index (κ1) is 12.2. The molecule has 0 spiro atoms. The molecule has 17 heavy (non-hydrogen) atoms. The Kier molecular flexibility index (Phi) is 3.54. The lowest BCUT2D eigenvalue weighted by atomic mass is 10.2. The average molecular weight is 244 g/mol. The van der Waals surface area contributed by atoms with Gasteiger partial charge in [0, 0.05) is 12.7 Å². The second kappa shape index (κ2) is 4.94. The van der Waals surface area contributed by atoms with Crippen molar-refractivity contribution >= 4 is 5.82 Å². The van der Waals surface area contributed by atoms with Crippen molar-refractivity contribution in [2.24, 2.45) is 5.92 Å². The summed E-state index contributed by atoms with van der Waals surface area (Å²) < 4.78 is 36.8. The van der Waals surface area contributed by atoms with E-state index in [4.69, 9.17) is 0 Å². The minimum Gasteiger partial charge on any atom is -0.370 e. The molecule has 1 saturated carbocycles. The van der Waals surface area contributed by atoms with Crippen LogP contribution in [0.5, 0.6) is 0 Å². The van der Waals surface area contributed by atoms with Crippen molar-refractivity contribution in [2.45, 2.75) is 31.9 Å². The molecular weight excluding hydrogens is 229 g/mol. The van der Waals surface area contributed by atoms with Crippen LogP contribution in [-0.4, -0.2) is 11.5 Å². The van der Waals surface area contributed by atoms with E-state index in [1.807, 2.05) is 0 Å². The Labute approximate surface area is 98.2 Å². The maximum atomic E-state index is 12.3. The molecule has 0 atom stereocenters. The van der Waals surface area contributed by atoms with Crippen LogP contribution in [0.1, 0.15) is 31.2 Å². The molecule has 0 radical (unpaired) electrons. The van der Waals surface area contributed by atoms with E-state index in [1.54, 1.807) is 0 Å². The van der Waals surface area contributed by atoms with Crippen LogP contribution in [0.2, 0.25) is 0 Å². The Morgan fingerprint density at radius 2 is 2.06 bits per heavy atom. The Morgan fingerprint density at radius 3 is 2.59 bits per heavy atom. The van der Waals surface area contributed by atoms with Gasteiger partial charge in [-0.3, -0.25) is 0 Å². The zero-order chi connectivity index (χ0) is 12.3. The van der Waals surface area contributed by atoms with Crippen molar-refractivity contribution in [2.75, 3.05) is 11.9 Å². The minimum atomic E-state index is -4.31. The Hall–Kier alpha value is -1.26. The fraction of sp³-hybridized carbons (Fsp3) is 0.583. The number of nitrogens with one attached hydrogen (secondary N) is 1. The third-order valence-electron chi connectivity index (χ3n) is 2.88. The van der Waals surface area contributed by atoms with Crippen molar-refractivity contribution in [3.63, 3.8) is 0 Å². The molecular formula is C12H15F3N2.